The highest BCUT2D eigenvalue weighted by Gasteiger charge is 2.34. The summed E-state index contributed by atoms with van der Waals surface area (Å²) in [5.74, 6) is -0.958. The van der Waals surface area contributed by atoms with Crippen molar-refractivity contribution in [3.63, 3.8) is 0 Å². The molecule has 2 fully saturated rings. The average molecular weight is 476 g/mol. The lowest BCUT2D eigenvalue weighted by Gasteiger charge is -2.34. The van der Waals surface area contributed by atoms with Gasteiger partial charge in [0.15, 0.2) is 0 Å². The van der Waals surface area contributed by atoms with E-state index in [1.807, 2.05) is 18.2 Å². The van der Waals surface area contributed by atoms with Crippen molar-refractivity contribution in [1.29, 1.82) is 0 Å². The zero-order chi connectivity index (χ0) is 23.4. The number of hydrogen-bond donors (Lipinski definition) is 0. The molecule has 33 heavy (non-hydrogen) atoms. The lowest BCUT2D eigenvalue weighted by molar-refractivity contribution is -0.135. The maximum absolute atomic E-state index is 13.3. The number of rotatable bonds is 6. The number of sulfonamides is 1. The largest absolute Gasteiger partial charge is 0.378 e. The van der Waals surface area contributed by atoms with E-state index in [1.54, 1.807) is 11.9 Å². The Hall–Kier alpha value is -2.49. The molecule has 2 aromatic rings. The molecule has 0 spiro atoms. The van der Waals surface area contributed by atoms with E-state index in [1.165, 1.54) is 16.4 Å². The van der Waals surface area contributed by atoms with Crippen LogP contribution in [-0.4, -0.2) is 70.0 Å². The summed E-state index contributed by atoms with van der Waals surface area (Å²) >= 11 is 0. The van der Waals surface area contributed by atoms with Gasteiger partial charge < -0.3 is 14.5 Å². The summed E-state index contributed by atoms with van der Waals surface area (Å²) in [5.41, 5.74) is 2.16. The molecular weight excluding hydrogens is 445 g/mol. The van der Waals surface area contributed by atoms with Gasteiger partial charge in [0, 0.05) is 45.5 Å². The lowest BCUT2D eigenvalue weighted by Crippen LogP contribution is -2.45. The van der Waals surface area contributed by atoms with Crippen molar-refractivity contribution < 1.29 is 22.3 Å². The summed E-state index contributed by atoms with van der Waals surface area (Å²) in [6, 6.07) is 12.9. The molecule has 178 valence electrons. The van der Waals surface area contributed by atoms with Crippen molar-refractivity contribution in [3.05, 3.63) is 59.9 Å². The normalized spacial score (nSPS) is 19.9. The smallest absolute Gasteiger partial charge is 0.243 e. The molecule has 1 amide bonds. The molecule has 2 aliphatic rings. The molecule has 1 atom stereocenters. The van der Waals surface area contributed by atoms with Gasteiger partial charge in [0.1, 0.15) is 5.82 Å². The van der Waals surface area contributed by atoms with Crippen LogP contribution in [0.15, 0.2) is 53.4 Å². The molecule has 0 radical (unpaired) electrons. The lowest BCUT2D eigenvalue weighted by atomic mass is 9.98. The summed E-state index contributed by atoms with van der Waals surface area (Å²) in [6.07, 6.45) is 1.25. The van der Waals surface area contributed by atoms with E-state index in [2.05, 4.69) is 11.0 Å². The van der Waals surface area contributed by atoms with E-state index >= 15 is 0 Å². The van der Waals surface area contributed by atoms with Crippen LogP contribution in [-0.2, 0) is 26.1 Å². The summed E-state index contributed by atoms with van der Waals surface area (Å²) in [7, 11) is -2.00. The third-order valence-electron chi connectivity index (χ3n) is 6.31. The molecule has 0 bridgehead atoms. The molecule has 1 unspecified atom stereocenters. The van der Waals surface area contributed by atoms with Gasteiger partial charge in [-0.3, -0.25) is 4.79 Å². The first-order valence-electron chi connectivity index (χ1n) is 11.3. The van der Waals surface area contributed by atoms with Gasteiger partial charge in [0.2, 0.25) is 15.9 Å². The second-order valence-electron chi connectivity index (χ2n) is 8.58. The summed E-state index contributed by atoms with van der Waals surface area (Å²) < 4.78 is 46.1. The molecule has 0 aliphatic carbocycles. The predicted molar refractivity (Wildman–Crippen MR) is 124 cm³/mol. The van der Waals surface area contributed by atoms with Crippen LogP contribution in [0.5, 0.6) is 0 Å². The highest BCUT2D eigenvalue weighted by molar-refractivity contribution is 7.89. The van der Waals surface area contributed by atoms with Gasteiger partial charge in [0.05, 0.1) is 24.0 Å². The molecule has 4 rings (SSSR count). The number of carbonyl (C=O) groups is 1. The molecule has 0 aromatic heterocycles. The fourth-order valence-corrected chi connectivity index (χ4v) is 6.04. The number of morpholine rings is 1. The second-order valence-corrected chi connectivity index (χ2v) is 10.5. The van der Waals surface area contributed by atoms with Crippen LogP contribution in [0.2, 0.25) is 0 Å². The average Bonchev–Trinajstić information content (AvgIpc) is 2.85. The minimum atomic E-state index is -3.77. The van der Waals surface area contributed by atoms with Crippen LogP contribution in [0, 0.1) is 11.7 Å². The van der Waals surface area contributed by atoms with E-state index in [9.17, 15) is 17.6 Å². The van der Waals surface area contributed by atoms with Crippen molar-refractivity contribution in [2.45, 2.75) is 24.3 Å². The van der Waals surface area contributed by atoms with Crippen LogP contribution >= 0.6 is 0 Å². The number of benzene rings is 2. The fourth-order valence-electron chi connectivity index (χ4n) is 4.52. The van der Waals surface area contributed by atoms with Crippen molar-refractivity contribution in [1.82, 2.24) is 9.21 Å². The first-order chi connectivity index (χ1) is 15.9. The van der Waals surface area contributed by atoms with Gasteiger partial charge in [-0.25, -0.2) is 12.8 Å². The van der Waals surface area contributed by atoms with Gasteiger partial charge in [0.25, 0.3) is 0 Å². The van der Waals surface area contributed by atoms with Gasteiger partial charge in [-0.05, 0) is 48.7 Å². The van der Waals surface area contributed by atoms with E-state index in [0.717, 1.165) is 36.5 Å². The molecule has 7 nitrogen and oxygen atoms in total. The Morgan fingerprint density at radius 2 is 1.79 bits per heavy atom. The first kappa shape index (κ1) is 23.7. The Balaban J connectivity index is 1.44. The number of halogens is 1. The number of para-hydroxylation sites is 1. The summed E-state index contributed by atoms with van der Waals surface area (Å²) in [5, 5.41) is 0. The molecule has 2 aromatic carbocycles. The number of piperidine rings is 1. The number of amides is 1. The topological polar surface area (TPSA) is 70.2 Å². The number of nitrogens with zero attached hydrogens (tertiary/aromatic N) is 3. The SMILES string of the molecule is CN(Cc1ccccc1N1CCOCC1)C(=O)C1CCCN(S(=O)(=O)c2ccc(F)cc2)C1. The Bertz CT molecular complexity index is 1070. The molecule has 2 heterocycles. The number of hydrogen-bond acceptors (Lipinski definition) is 5. The Morgan fingerprint density at radius 3 is 2.52 bits per heavy atom. The van der Waals surface area contributed by atoms with Crippen molar-refractivity contribution in [2.75, 3.05) is 51.3 Å². The Labute approximate surface area is 194 Å². The van der Waals surface area contributed by atoms with E-state index in [0.29, 0.717) is 39.1 Å². The summed E-state index contributed by atoms with van der Waals surface area (Å²) in [6.45, 7) is 3.93. The van der Waals surface area contributed by atoms with E-state index in [-0.39, 0.29) is 17.3 Å². The van der Waals surface area contributed by atoms with Gasteiger partial charge >= 0.3 is 0 Å². The predicted octanol–water partition coefficient (Wildman–Crippen LogP) is 2.72. The summed E-state index contributed by atoms with van der Waals surface area (Å²) in [4.78, 5) is 17.3. The second kappa shape index (κ2) is 10.2. The first-order valence-corrected chi connectivity index (χ1v) is 12.7. The van der Waals surface area contributed by atoms with Crippen molar-refractivity contribution >= 4 is 21.6 Å². The van der Waals surface area contributed by atoms with Crippen molar-refractivity contribution in [2.24, 2.45) is 5.92 Å². The zero-order valence-electron chi connectivity index (χ0n) is 18.8. The standard InChI is InChI=1S/C24H30FN3O4S/c1-26(17-19-5-2-3-7-23(19)27-13-15-32-16-14-27)24(29)20-6-4-12-28(18-20)33(30,31)22-10-8-21(25)9-11-22/h2-3,5,7-11,20H,4,6,12-18H2,1H3. The van der Waals surface area contributed by atoms with Gasteiger partial charge in [-0.15, -0.1) is 0 Å². The zero-order valence-corrected chi connectivity index (χ0v) is 19.6. The molecule has 2 aliphatic heterocycles. The Morgan fingerprint density at radius 1 is 1.09 bits per heavy atom. The highest BCUT2D eigenvalue weighted by atomic mass is 32.2. The molecule has 0 saturated carbocycles. The van der Waals surface area contributed by atoms with Crippen LogP contribution in [0.3, 0.4) is 0 Å². The van der Waals surface area contributed by atoms with Crippen LogP contribution in [0.1, 0.15) is 18.4 Å². The van der Waals surface area contributed by atoms with Gasteiger partial charge in [-0.2, -0.15) is 4.31 Å². The van der Waals surface area contributed by atoms with E-state index in [4.69, 9.17) is 4.74 Å². The molecule has 2 saturated heterocycles. The Kier molecular flexibility index (Phi) is 7.31. The number of ether oxygens (including phenoxy) is 1. The minimum Gasteiger partial charge on any atom is -0.378 e. The third kappa shape index (κ3) is 5.37. The maximum atomic E-state index is 13.3. The maximum Gasteiger partial charge on any atom is 0.243 e. The molecule has 9 heteroatoms. The van der Waals surface area contributed by atoms with Crippen LogP contribution < -0.4 is 4.90 Å². The molecule has 0 N–H and O–H groups in total. The minimum absolute atomic E-state index is 0.0461. The van der Waals surface area contributed by atoms with E-state index < -0.39 is 21.8 Å². The monoisotopic (exact) mass is 475 g/mol. The van der Waals surface area contributed by atoms with Crippen molar-refractivity contribution in [3.8, 4) is 0 Å². The van der Waals surface area contributed by atoms with Crippen LogP contribution in [0.25, 0.3) is 0 Å². The number of anilines is 1. The highest BCUT2D eigenvalue weighted by Crippen LogP contribution is 2.27. The third-order valence-corrected chi connectivity index (χ3v) is 8.19. The van der Waals surface area contributed by atoms with Gasteiger partial charge in [-0.1, -0.05) is 18.2 Å². The quantitative estimate of drug-likeness (QED) is 0.643. The number of carbonyl (C=O) groups excluding carboxylic acids is 1. The fraction of sp³-hybridized carbons (Fsp3) is 0.458. The molecular formula is C24H30FN3O4S. The van der Waals surface area contributed by atoms with Crippen LogP contribution in [0.4, 0.5) is 10.1 Å².